The zero-order chi connectivity index (χ0) is 27.2. The van der Waals surface area contributed by atoms with Crippen molar-refractivity contribution in [3.8, 4) is 0 Å². The summed E-state index contributed by atoms with van der Waals surface area (Å²) in [6.07, 6.45) is -0.0728. The average Bonchev–Trinajstić information content (AvgIpc) is 2.86. The number of hydrogen-bond donors (Lipinski definition) is 3. The molecule has 0 aliphatic rings. The Hall–Kier alpha value is -2.95. The van der Waals surface area contributed by atoms with Gasteiger partial charge in [-0.2, -0.15) is 0 Å². The first-order valence-electron chi connectivity index (χ1n) is 11.6. The number of benzene rings is 3. The largest absolute Gasteiger partial charge is 0.480 e. The van der Waals surface area contributed by atoms with Crippen LogP contribution < -0.4 is 5.32 Å². The number of carbonyl (C=O) groups is 2. The molecule has 8 nitrogen and oxygen atoms in total. The van der Waals surface area contributed by atoms with E-state index in [-0.39, 0.29) is 33.8 Å². The molecule has 0 aliphatic heterocycles. The number of halogens is 2. The second kappa shape index (κ2) is 13.7. The van der Waals surface area contributed by atoms with Crippen molar-refractivity contribution in [1.82, 2.24) is 10.2 Å². The fourth-order valence-electron chi connectivity index (χ4n) is 3.78. The van der Waals surface area contributed by atoms with Crippen LogP contribution >= 0.6 is 24.0 Å². The van der Waals surface area contributed by atoms with E-state index in [9.17, 15) is 23.1 Å². The second-order valence-corrected chi connectivity index (χ2v) is 11.2. The number of carboxylic acids is 1. The Balaban J connectivity index is 0.00000507. The highest BCUT2D eigenvalue weighted by molar-refractivity contribution is 7.91. The Kier molecular flexibility index (Phi) is 11.3. The zero-order valence-electron chi connectivity index (χ0n) is 20.9. The molecular formula is C27H30Cl2N2O6S. The van der Waals surface area contributed by atoms with E-state index in [1.54, 1.807) is 30.3 Å². The second-order valence-electron chi connectivity index (χ2n) is 8.81. The van der Waals surface area contributed by atoms with Gasteiger partial charge in [-0.1, -0.05) is 35.9 Å². The van der Waals surface area contributed by atoms with E-state index < -0.39 is 34.4 Å². The monoisotopic (exact) mass is 580 g/mol. The first-order valence-corrected chi connectivity index (χ1v) is 13.4. The van der Waals surface area contributed by atoms with Crippen molar-refractivity contribution in [1.29, 1.82) is 0 Å². The summed E-state index contributed by atoms with van der Waals surface area (Å²) < 4.78 is 26.1. The number of nitrogens with zero attached hydrogens (tertiary/aromatic N) is 1. The van der Waals surface area contributed by atoms with Gasteiger partial charge in [0.25, 0.3) is 5.91 Å². The lowest BCUT2D eigenvalue weighted by molar-refractivity contribution is -0.137. The Bertz CT molecular complexity index is 1350. The van der Waals surface area contributed by atoms with Gasteiger partial charge in [0.1, 0.15) is 6.54 Å². The van der Waals surface area contributed by atoms with E-state index in [4.69, 9.17) is 16.7 Å². The molecule has 2 atom stereocenters. The van der Waals surface area contributed by atoms with Gasteiger partial charge in [-0.05, 0) is 73.0 Å². The normalized spacial score (nSPS) is 12.7. The maximum absolute atomic E-state index is 13.0. The van der Waals surface area contributed by atoms with Crippen molar-refractivity contribution in [3.63, 3.8) is 0 Å². The fraction of sp³-hybridized carbons (Fsp3) is 0.259. The van der Waals surface area contributed by atoms with E-state index in [1.807, 2.05) is 13.0 Å². The average molecular weight is 582 g/mol. The van der Waals surface area contributed by atoms with Crippen LogP contribution in [0.4, 0.5) is 0 Å². The standard InChI is InChI=1S/C27H29ClN2O6S.ClH/c1-18(29-16-25(31)21-4-3-5-22(28)15-21)14-19-6-10-23(11-7-19)37(35,36)24-12-8-20(9-13-24)27(34)30(2)17-26(32)33;/h3-13,15,18,25,29,31H,14,16-17H2,1-2H3,(H,32,33);1H/t18-,25+;/m1./s1. The SMILES string of the molecule is C[C@H](Cc1ccc(S(=O)(=O)c2ccc(C(=O)N(C)CC(=O)O)cc2)cc1)NC[C@H](O)c1cccc(Cl)c1.Cl. The highest BCUT2D eigenvalue weighted by Crippen LogP contribution is 2.23. The zero-order valence-corrected chi connectivity index (χ0v) is 23.3. The van der Waals surface area contributed by atoms with Crippen LogP contribution in [0.15, 0.2) is 82.6 Å². The number of likely N-dealkylation sites (N-methyl/N-ethyl adjacent to an activating group) is 1. The van der Waals surface area contributed by atoms with Crippen LogP contribution in [0.25, 0.3) is 0 Å². The molecule has 3 aromatic carbocycles. The number of hydrogen-bond acceptors (Lipinski definition) is 6. The van der Waals surface area contributed by atoms with Crippen molar-refractivity contribution in [2.24, 2.45) is 0 Å². The third-order valence-corrected chi connectivity index (χ3v) is 7.82. The molecule has 0 aliphatic carbocycles. The molecule has 0 radical (unpaired) electrons. The molecule has 1 amide bonds. The highest BCUT2D eigenvalue weighted by atomic mass is 35.5. The maximum atomic E-state index is 13.0. The number of carbonyl (C=O) groups excluding carboxylic acids is 1. The van der Waals surface area contributed by atoms with Gasteiger partial charge < -0.3 is 20.4 Å². The number of carboxylic acid groups (broad SMARTS) is 1. The number of aliphatic carboxylic acids is 1. The number of sulfone groups is 1. The van der Waals surface area contributed by atoms with Gasteiger partial charge in [0.2, 0.25) is 9.84 Å². The molecule has 204 valence electrons. The topological polar surface area (TPSA) is 124 Å². The predicted molar refractivity (Wildman–Crippen MR) is 148 cm³/mol. The molecule has 0 heterocycles. The summed E-state index contributed by atoms with van der Waals surface area (Å²) in [7, 11) is -2.44. The van der Waals surface area contributed by atoms with Gasteiger partial charge in [-0.3, -0.25) is 9.59 Å². The lowest BCUT2D eigenvalue weighted by Crippen LogP contribution is -2.32. The molecule has 3 rings (SSSR count). The summed E-state index contributed by atoms with van der Waals surface area (Å²) in [4.78, 5) is 24.3. The molecule has 3 aromatic rings. The number of amides is 1. The quantitative estimate of drug-likeness (QED) is 0.313. The van der Waals surface area contributed by atoms with Crippen LogP contribution in [0.3, 0.4) is 0 Å². The van der Waals surface area contributed by atoms with E-state index in [2.05, 4.69) is 5.32 Å². The smallest absolute Gasteiger partial charge is 0.323 e. The predicted octanol–water partition coefficient (Wildman–Crippen LogP) is 4.01. The highest BCUT2D eigenvalue weighted by Gasteiger charge is 2.20. The summed E-state index contributed by atoms with van der Waals surface area (Å²) in [5.41, 5.74) is 1.85. The third kappa shape index (κ3) is 8.28. The van der Waals surface area contributed by atoms with Gasteiger partial charge in [0.05, 0.1) is 15.9 Å². The molecule has 0 saturated heterocycles. The number of aliphatic hydroxyl groups is 1. The minimum Gasteiger partial charge on any atom is -0.480 e. The van der Waals surface area contributed by atoms with Crippen molar-refractivity contribution < 1.29 is 28.2 Å². The first-order chi connectivity index (χ1) is 17.5. The van der Waals surface area contributed by atoms with E-state index in [1.165, 1.54) is 43.4 Å². The van der Waals surface area contributed by atoms with Crippen LogP contribution in [0.2, 0.25) is 5.02 Å². The summed E-state index contributed by atoms with van der Waals surface area (Å²) in [5.74, 6) is -1.66. The lowest BCUT2D eigenvalue weighted by Gasteiger charge is -2.18. The molecular weight excluding hydrogens is 551 g/mol. The molecule has 38 heavy (non-hydrogen) atoms. The van der Waals surface area contributed by atoms with Gasteiger partial charge in [0.15, 0.2) is 0 Å². The summed E-state index contributed by atoms with van der Waals surface area (Å²) >= 11 is 5.98. The summed E-state index contributed by atoms with van der Waals surface area (Å²) in [6.45, 7) is 1.87. The Labute approximate surface area is 233 Å². The van der Waals surface area contributed by atoms with Crippen LogP contribution in [0, 0.1) is 0 Å². The third-order valence-electron chi connectivity index (χ3n) is 5.80. The minimum absolute atomic E-state index is 0. The Morgan fingerprint density at radius 3 is 2.13 bits per heavy atom. The fourth-order valence-corrected chi connectivity index (χ4v) is 5.24. The summed E-state index contributed by atoms with van der Waals surface area (Å²) in [5, 5.41) is 23.0. The van der Waals surface area contributed by atoms with Crippen molar-refractivity contribution in [2.45, 2.75) is 35.3 Å². The molecule has 0 unspecified atom stereocenters. The molecule has 0 bridgehead atoms. The molecule has 0 saturated carbocycles. The van der Waals surface area contributed by atoms with E-state index >= 15 is 0 Å². The molecule has 3 N–H and O–H groups in total. The van der Waals surface area contributed by atoms with E-state index in [0.717, 1.165) is 16.0 Å². The van der Waals surface area contributed by atoms with Gasteiger partial charge in [-0.15, -0.1) is 12.4 Å². The van der Waals surface area contributed by atoms with E-state index in [0.29, 0.717) is 18.0 Å². The number of rotatable bonds is 11. The Morgan fingerprint density at radius 2 is 1.58 bits per heavy atom. The minimum atomic E-state index is -3.80. The van der Waals surface area contributed by atoms with Crippen LogP contribution in [0.5, 0.6) is 0 Å². The molecule has 11 heteroatoms. The van der Waals surface area contributed by atoms with Gasteiger partial charge in [0, 0.05) is 30.2 Å². The van der Waals surface area contributed by atoms with Gasteiger partial charge in [-0.25, -0.2) is 8.42 Å². The van der Waals surface area contributed by atoms with Crippen LogP contribution in [-0.4, -0.2) is 61.6 Å². The van der Waals surface area contributed by atoms with Crippen LogP contribution in [-0.2, 0) is 21.1 Å². The van der Waals surface area contributed by atoms with Crippen molar-refractivity contribution in [2.75, 3.05) is 20.1 Å². The molecule has 0 spiro atoms. The van der Waals surface area contributed by atoms with Crippen molar-refractivity contribution in [3.05, 3.63) is 94.5 Å². The van der Waals surface area contributed by atoms with Crippen molar-refractivity contribution >= 4 is 45.7 Å². The molecule has 0 fully saturated rings. The van der Waals surface area contributed by atoms with Crippen LogP contribution in [0.1, 0.15) is 34.5 Å². The first kappa shape index (κ1) is 31.3. The summed E-state index contributed by atoms with van der Waals surface area (Å²) in [6, 6.07) is 19.1. The van der Waals surface area contributed by atoms with Gasteiger partial charge >= 0.3 is 5.97 Å². The molecule has 0 aromatic heterocycles. The maximum Gasteiger partial charge on any atom is 0.323 e. The lowest BCUT2D eigenvalue weighted by atomic mass is 10.1. The number of nitrogens with one attached hydrogen (secondary N) is 1. The Morgan fingerprint density at radius 1 is 1.00 bits per heavy atom. The number of aliphatic hydroxyl groups excluding tert-OH is 1.